The summed E-state index contributed by atoms with van der Waals surface area (Å²) >= 11 is 1.70. The Balaban J connectivity index is 2.46. The van der Waals surface area contributed by atoms with Crippen LogP contribution in [0.15, 0.2) is 35.2 Å². The van der Waals surface area contributed by atoms with Gasteiger partial charge in [0.2, 0.25) is 0 Å². The Kier molecular flexibility index (Phi) is 2.73. The summed E-state index contributed by atoms with van der Waals surface area (Å²) in [6.45, 7) is 0. The summed E-state index contributed by atoms with van der Waals surface area (Å²) in [6.07, 6.45) is 3.64. The largest absolute Gasteiger partial charge is 0.294 e. The van der Waals surface area contributed by atoms with Crippen LogP contribution in [0.4, 0.5) is 0 Å². The zero-order valence-corrected chi connectivity index (χ0v) is 8.93. The highest BCUT2D eigenvalue weighted by Crippen LogP contribution is 2.36. The third-order valence-electron chi connectivity index (χ3n) is 2.45. The second-order valence-electron chi connectivity index (χ2n) is 3.29. The number of carbonyl (C=O) groups excluding carboxylic acids is 1. The van der Waals surface area contributed by atoms with E-state index < -0.39 is 0 Å². The van der Waals surface area contributed by atoms with E-state index in [1.807, 2.05) is 36.6 Å². The summed E-state index contributed by atoms with van der Waals surface area (Å²) in [5.41, 5.74) is 2.01. The first kappa shape index (κ1) is 9.53. The molecule has 0 bridgehead atoms. The quantitative estimate of drug-likeness (QED) is 0.736. The molecule has 0 fully saturated rings. The Hall–Kier alpha value is -1.02. The maximum Gasteiger partial charge on any atom is 0.164 e. The van der Waals surface area contributed by atoms with E-state index >= 15 is 0 Å². The zero-order chi connectivity index (χ0) is 9.97. The Morgan fingerprint density at radius 3 is 2.50 bits per heavy atom. The van der Waals surface area contributed by atoms with E-state index in [2.05, 4.69) is 0 Å². The van der Waals surface area contributed by atoms with Gasteiger partial charge in [0.05, 0.1) is 0 Å². The lowest BCUT2D eigenvalue weighted by molar-refractivity contribution is -0.113. The predicted octanol–water partition coefficient (Wildman–Crippen LogP) is 3.12. The number of hydrogen-bond donors (Lipinski definition) is 0. The number of benzene rings is 1. The molecule has 0 saturated carbocycles. The average molecular weight is 204 g/mol. The van der Waals surface area contributed by atoms with Gasteiger partial charge in [0.15, 0.2) is 5.78 Å². The molecule has 2 heteroatoms. The van der Waals surface area contributed by atoms with Crippen LogP contribution in [0.2, 0.25) is 0 Å². The number of Topliss-reactive ketones (excluding diaryl/α,β-unsaturated/α-hetero) is 1. The van der Waals surface area contributed by atoms with Crippen LogP contribution in [0.25, 0.3) is 5.57 Å². The predicted molar refractivity (Wildman–Crippen MR) is 61.1 cm³/mol. The molecule has 0 saturated heterocycles. The second-order valence-corrected chi connectivity index (χ2v) is 4.19. The van der Waals surface area contributed by atoms with Crippen molar-refractivity contribution in [2.75, 3.05) is 6.26 Å². The highest BCUT2D eigenvalue weighted by Gasteiger charge is 2.23. The van der Waals surface area contributed by atoms with Gasteiger partial charge in [0, 0.05) is 12.0 Å². The van der Waals surface area contributed by atoms with Gasteiger partial charge in [-0.2, -0.15) is 0 Å². The minimum Gasteiger partial charge on any atom is -0.294 e. The molecular weight excluding hydrogens is 192 g/mol. The van der Waals surface area contributed by atoms with E-state index in [9.17, 15) is 4.79 Å². The molecule has 0 unspecified atom stereocenters. The molecule has 0 amide bonds. The monoisotopic (exact) mass is 204 g/mol. The molecule has 2 rings (SSSR count). The van der Waals surface area contributed by atoms with Crippen LogP contribution in [0.1, 0.15) is 18.4 Å². The smallest absolute Gasteiger partial charge is 0.164 e. The molecule has 0 spiro atoms. The molecular formula is C12H12OS. The van der Waals surface area contributed by atoms with Crippen molar-refractivity contribution in [1.82, 2.24) is 0 Å². The standard InChI is InChI=1S/C12H12OS/c1-14-11-8-7-10(13)12(11)9-5-3-2-4-6-9/h2-6H,7-8H2,1H3. The van der Waals surface area contributed by atoms with E-state index in [4.69, 9.17) is 0 Å². The number of allylic oxidation sites excluding steroid dienone is 2. The van der Waals surface area contributed by atoms with Gasteiger partial charge in [0.25, 0.3) is 0 Å². The number of hydrogen-bond acceptors (Lipinski definition) is 2. The molecule has 0 heterocycles. The zero-order valence-electron chi connectivity index (χ0n) is 8.12. The molecule has 1 aromatic rings. The molecule has 1 nitrogen and oxygen atoms in total. The van der Waals surface area contributed by atoms with E-state index in [0.717, 1.165) is 17.6 Å². The van der Waals surface area contributed by atoms with Gasteiger partial charge in [-0.05, 0) is 23.1 Å². The van der Waals surface area contributed by atoms with Crippen LogP contribution in [0.5, 0.6) is 0 Å². The topological polar surface area (TPSA) is 17.1 Å². The molecule has 72 valence electrons. The van der Waals surface area contributed by atoms with Crippen LogP contribution in [0, 0.1) is 0 Å². The summed E-state index contributed by atoms with van der Waals surface area (Å²) in [7, 11) is 0. The van der Waals surface area contributed by atoms with Gasteiger partial charge < -0.3 is 0 Å². The number of thioether (sulfide) groups is 1. The van der Waals surface area contributed by atoms with Crippen molar-refractivity contribution in [3.63, 3.8) is 0 Å². The van der Waals surface area contributed by atoms with Crippen molar-refractivity contribution in [2.45, 2.75) is 12.8 Å². The first-order valence-corrected chi connectivity index (χ1v) is 5.91. The first-order valence-electron chi connectivity index (χ1n) is 4.68. The van der Waals surface area contributed by atoms with Crippen LogP contribution in [0.3, 0.4) is 0 Å². The lowest BCUT2D eigenvalue weighted by atomic mass is 10.1. The minimum absolute atomic E-state index is 0.292. The SMILES string of the molecule is CSC1=C(c2ccccc2)C(=O)CC1. The van der Waals surface area contributed by atoms with Gasteiger partial charge >= 0.3 is 0 Å². The third-order valence-corrected chi connectivity index (χ3v) is 3.35. The normalized spacial score (nSPS) is 16.5. The van der Waals surface area contributed by atoms with Crippen LogP contribution in [-0.2, 0) is 4.79 Å². The molecule has 0 N–H and O–H groups in total. The van der Waals surface area contributed by atoms with Gasteiger partial charge in [0.1, 0.15) is 0 Å². The molecule has 14 heavy (non-hydrogen) atoms. The molecule has 1 aliphatic carbocycles. The number of ketones is 1. The minimum atomic E-state index is 0.292. The Morgan fingerprint density at radius 2 is 1.86 bits per heavy atom. The van der Waals surface area contributed by atoms with E-state index in [-0.39, 0.29) is 0 Å². The molecule has 0 aliphatic heterocycles. The van der Waals surface area contributed by atoms with Gasteiger partial charge in [-0.3, -0.25) is 4.79 Å². The van der Waals surface area contributed by atoms with Gasteiger partial charge in [-0.1, -0.05) is 30.3 Å². The highest BCUT2D eigenvalue weighted by atomic mass is 32.2. The van der Waals surface area contributed by atoms with Crippen molar-refractivity contribution in [1.29, 1.82) is 0 Å². The van der Waals surface area contributed by atoms with Gasteiger partial charge in [-0.25, -0.2) is 0 Å². The molecule has 0 radical (unpaired) electrons. The van der Waals surface area contributed by atoms with Gasteiger partial charge in [-0.15, -0.1) is 11.8 Å². The summed E-state index contributed by atoms with van der Waals surface area (Å²) < 4.78 is 0. The lowest BCUT2D eigenvalue weighted by Crippen LogP contribution is -1.94. The average Bonchev–Trinajstić information content (AvgIpc) is 2.61. The van der Waals surface area contributed by atoms with Crippen molar-refractivity contribution in [2.24, 2.45) is 0 Å². The Labute approximate surface area is 88.2 Å². The molecule has 1 aliphatic rings. The van der Waals surface area contributed by atoms with E-state index in [0.29, 0.717) is 12.2 Å². The fraction of sp³-hybridized carbons (Fsp3) is 0.250. The molecule has 1 aromatic carbocycles. The van der Waals surface area contributed by atoms with E-state index in [1.54, 1.807) is 11.8 Å². The number of rotatable bonds is 2. The van der Waals surface area contributed by atoms with Crippen LogP contribution in [-0.4, -0.2) is 12.0 Å². The fourth-order valence-corrected chi connectivity index (χ4v) is 2.51. The first-order chi connectivity index (χ1) is 6.83. The highest BCUT2D eigenvalue weighted by molar-refractivity contribution is 8.02. The third kappa shape index (κ3) is 1.62. The lowest BCUT2D eigenvalue weighted by Gasteiger charge is -2.03. The van der Waals surface area contributed by atoms with Crippen molar-refractivity contribution >= 4 is 23.1 Å². The number of carbonyl (C=O) groups is 1. The maximum absolute atomic E-state index is 11.7. The Bertz CT molecular complexity index is 379. The van der Waals surface area contributed by atoms with E-state index in [1.165, 1.54) is 4.91 Å². The maximum atomic E-state index is 11.7. The summed E-state index contributed by atoms with van der Waals surface area (Å²) in [6, 6.07) is 9.95. The Morgan fingerprint density at radius 1 is 1.14 bits per heavy atom. The fourth-order valence-electron chi connectivity index (χ4n) is 1.76. The summed E-state index contributed by atoms with van der Waals surface area (Å²) in [5, 5.41) is 0. The van der Waals surface area contributed by atoms with Crippen LogP contribution >= 0.6 is 11.8 Å². The molecule has 0 atom stereocenters. The summed E-state index contributed by atoms with van der Waals surface area (Å²) in [5.74, 6) is 0.292. The van der Waals surface area contributed by atoms with Crippen molar-refractivity contribution in [3.05, 3.63) is 40.8 Å². The van der Waals surface area contributed by atoms with Crippen molar-refractivity contribution in [3.8, 4) is 0 Å². The van der Waals surface area contributed by atoms with Crippen molar-refractivity contribution < 1.29 is 4.79 Å². The van der Waals surface area contributed by atoms with Crippen LogP contribution < -0.4 is 0 Å². The second kappa shape index (κ2) is 4.01. The summed E-state index contributed by atoms with van der Waals surface area (Å²) in [4.78, 5) is 12.9. The molecule has 0 aromatic heterocycles.